The summed E-state index contributed by atoms with van der Waals surface area (Å²) in [6.07, 6.45) is 0. The van der Waals surface area contributed by atoms with Gasteiger partial charge in [-0.15, -0.1) is 0 Å². The zero-order valence-corrected chi connectivity index (χ0v) is 15.0. The van der Waals surface area contributed by atoms with Crippen LogP contribution in [0, 0.1) is 0 Å². The third-order valence-corrected chi connectivity index (χ3v) is 3.71. The van der Waals surface area contributed by atoms with Crippen molar-refractivity contribution in [3.05, 3.63) is 47.5 Å². The summed E-state index contributed by atoms with van der Waals surface area (Å²) in [5.74, 6) is 0.266. The number of benzene rings is 2. The molecule has 132 valence electrons. The Bertz CT molecular complexity index is 780. The summed E-state index contributed by atoms with van der Waals surface area (Å²) in [6, 6.07) is 11.7. The molecule has 0 heterocycles. The van der Waals surface area contributed by atoms with E-state index in [0.717, 1.165) is 0 Å². The number of carbonyl (C=O) groups is 2. The first kappa shape index (κ1) is 18.6. The minimum absolute atomic E-state index is 0.199. The van der Waals surface area contributed by atoms with Crippen molar-refractivity contribution in [2.75, 3.05) is 23.1 Å². The summed E-state index contributed by atoms with van der Waals surface area (Å²) >= 11 is 6.13. The Balaban J connectivity index is 2.00. The van der Waals surface area contributed by atoms with Crippen LogP contribution in [-0.2, 0) is 9.59 Å². The molecular weight excluding hydrogens is 342 g/mol. The van der Waals surface area contributed by atoms with Crippen LogP contribution < -0.4 is 20.7 Å². The Morgan fingerprint density at radius 3 is 2.48 bits per heavy atom. The Kier molecular flexibility index (Phi) is 6.25. The average Bonchev–Trinajstić information content (AvgIpc) is 2.57. The highest BCUT2D eigenvalue weighted by atomic mass is 35.5. The summed E-state index contributed by atoms with van der Waals surface area (Å²) in [5, 5.41) is 8.91. The summed E-state index contributed by atoms with van der Waals surface area (Å²) in [5.41, 5.74) is 1.85. The van der Waals surface area contributed by atoms with E-state index >= 15 is 0 Å². The molecule has 0 spiro atoms. The van der Waals surface area contributed by atoms with Gasteiger partial charge in [0.05, 0.1) is 17.8 Å². The van der Waals surface area contributed by atoms with Gasteiger partial charge in [-0.05, 0) is 37.3 Å². The fourth-order valence-electron chi connectivity index (χ4n) is 2.16. The van der Waals surface area contributed by atoms with E-state index in [1.54, 1.807) is 56.5 Å². The lowest BCUT2D eigenvalue weighted by atomic mass is 10.2. The summed E-state index contributed by atoms with van der Waals surface area (Å²) in [6.45, 7) is 3.15. The second kappa shape index (κ2) is 8.39. The lowest BCUT2D eigenvalue weighted by Crippen LogP contribution is -2.31. The Morgan fingerprint density at radius 1 is 1.08 bits per heavy atom. The first-order chi connectivity index (χ1) is 11.9. The molecule has 7 heteroatoms. The number of hydrogen-bond acceptors (Lipinski definition) is 4. The average molecular weight is 362 g/mol. The number of hydrogen-bond donors (Lipinski definition) is 3. The lowest BCUT2D eigenvalue weighted by molar-refractivity contribution is -0.116. The van der Waals surface area contributed by atoms with Gasteiger partial charge in [0, 0.05) is 24.4 Å². The normalized spacial score (nSPS) is 11.4. The van der Waals surface area contributed by atoms with E-state index < -0.39 is 6.04 Å². The quantitative estimate of drug-likeness (QED) is 0.732. The van der Waals surface area contributed by atoms with Crippen molar-refractivity contribution in [3.63, 3.8) is 0 Å². The maximum Gasteiger partial charge on any atom is 0.246 e. The lowest BCUT2D eigenvalue weighted by Gasteiger charge is -2.16. The van der Waals surface area contributed by atoms with Crippen LogP contribution >= 0.6 is 11.6 Å². The van der Waals surface area contributed by atoms with Crippen molar-refractivity contribution in [3.8, 4) is 5.75 Å². The van der Waals surface area contributed by atoms with E-state index in [1.165, 1.54) is 6.92 Å². The maximum absolute atomic E-state index is 12.3. The zero-order valence-electron chi connectivity index (χ0n) is 14.2. The third kappa shape index (κ3) is 5.39. The first-order valence-electron chi connectivity index (χ1n) is 7.67. The molecule has 6 nitrogen and oxygen atoms in total. The van der Waals surface area contributed by atoms with Crippen molar-refractivity contribution in [2.45, 2.75) is 19.9 Å². The van der Waals surface area contributed by atoms with Crippen LogP contribution in [0.25, 0.3) is 0 Å². The van der Waals surface area contributed by atoms with Gasteiger partial charge in [0.1, 0.15) is 11.8 Å². The summed E-state index contributed by atoms with van der Waals surface area (Å²) in [4.78, 5) is 23.4. The van der Waals surface area contributed by atoms with E-state index in [0.29, 0.717) is 27.8 Å². The van der Waals surface area contributed by atoms with Crippen molar-refractivity contribution in [2.24, 2.45) is 0 Å². The molecule has 0 aliphatic rings. The topological polar surface area (TPSA) is 79.5 Å². The molecule has 1 unspecified atom stereocenters. The molecule has 25 heavy (non-hydrogen) atoms. The van der Waals surface area contributed by atoms with Crippen LogP contribution in [0.1, 0.15) is 13.8 Å². The standard InChI is InChI=1S/C18H20ClN3O3/c1-11(18(24)22-13-5-4-6-15(9-13)25-3)20-14-7-8-17(16(19)10-14)21-12(2)23/h4-11,20H,1-3H3,(H,21,23)(H,22,24). The highest BCUT2D eigenvalue weighted by Gasteiger charge is 2.14. The second-order valence-corrected chi connectivity index (χ2v) is 5.87. The molecule has 2 amide bonds. The van der Waals surface area contributed by atoms with Gasteiger partial charge in [-0.1, -0.05) is 17.7 Å². The molecule has 0 aliphatic heterocycles. The van der Waals surface area contributed by atoms with Crippen LogP contribution in [0.15, 0.2) is 42.5 Å². The Hall–Kier alpha value is -2.73. The van der Waals surface area contributed by atoms with Gasteiger partial charge in [-0.25, -0.2) is 0 Å². The van der Waals surface area contributed by atoms with Gasteiger partial charge < -0.3 is 20.7 Å². The van der Waals surface area contributed by atoms with Crippen molar-refractivity contribution in [1.29, 1.82) is 0 Å². The molecule has 0 aliphatic carbocycles. The predicted molar refractivity (Wildman–Crippen MR) is 100 cm³/mol. The number of anilines is 3. The van der Waals surface area contributed by atoms with Gasteiger partial charge in [-0.2, -0.15) is 0 Å². The Morgan fingerprint density at radius 2 is 1.84 bits per heavy atom. The SMILES string of the molecule is COc1cccc(NC(=O)C(C)Nc2ccc(NC(C)=O)c(Cl)c2)c1. The predicted octanol–water partition coefficient (Wildman–Crippen LogP) is 3.75. The maximum atomic E-state index is 12.3. The van der Waals surface area contributed by atoms with Gasteiger partial charge >= 0.3 is 0 Å². The summed E-state index contributed by atoms with van der Waals surface area (Å²) in [7, 11) is 1.57. The number of ether oxygens (including phenoxy) is 1. The molecule has 1 atom stereocenters. The van der Waals surface area contributed by atoms with Gasteiger partial charge in [0.15, 0.2) is 0 Å². The zero-order chi connectivity index (χ0) is 18.4. The molecule has 0 fully saturated rings. The number of rotatable bonds is 6. The highest BCUT2D eigenvalue weighted by molar-refractivity contribution is 6.34. The number of methoxy groups -OCH3 is 1. The van der Waals surface area contributed by atoms with Crippen molar-refractivity contribution < 1.29 is 14.3 Å². The van der Waals surface area contributed by atoms with Crippen LogP contribution in [0.5, 0.6) is 5.75 Å². The Labute approximate surface area is 151 Å². The molecule has 2 rings (SSSR count). The number of halogens is 1. The molecule has 3 N–H and O–H groups in total. The minimum atomic E-state index is -0.492. The molecule has 0 bridgehead atoms. The molecule has 0 saturated heterocycles. The largest absolute Gasteiger partial charge is 0.497 e. The highest BCUT2D eigenvalue weighted by Crippen LogP contribution is 2.26. The van der Waals surface area contributed by atoms with E-state index in [9.17, 15) is 9.59 Å². The molecule has 0 saturated carbocycles. The second-order valence-electron chi connectivity index (χ2n) is 5.46. The first-order valence-corrected chi connectivity index (χ1v) is 8.05. The van der Waals surface area contributed by atoms with Crippen molar-refractivity contribution in [1.82, 2.24) is 0 Å². The van der Waals surface area contributed by atoms with Gasteiger partial charge in [0.2, 0.25) is 11.8 Å². The smallest absolute Gasteiger partial charge is 0.246 e. The van der Waals surface area contributed by atoms with Gasteiger partial charge in [-0.3, -0.25) is 9.59 Å². The third-order valence-electron chi connectivity index (χ3n) is 3.39. The van der Waals surface area contributed by atoms with Crippen LogP contribution in [0.2, 0.25) is 5.02 Å². The van der Waals surface area contributed by atoms with E-state index in [2.05, 4.69) is 16.0 Å². The summed E-state index contributed by atoms with van der Waals surface area (Å²) < 4.78 is 5.13. The number of amides is 2. The number of nitrogens with one attached hydrogen (secondary N) is 3. The van der Waals surface area contributed by atoms with Gasteiger partial charge in [0.25, 0.3) is 0 Å². The van der Waals surface area contributed by atoms with E-state index in [1.807, 2.05) is 0 Å². The van der Waals surface area contributed by atoms with Crippen molar-refractivity contribution >= 4 is 40.5 Å². The van der Waals surface area contributed by atoms with Crippen LogP contribution in [0.4, 0.5) is 17.1 Å². The van der Waals surface area contributed by atoms with E-state index in [4.69, 9.17) is 16.3 Å². The monoisotopic (exact) mass is 361 g/mol. The fraction of sp³-hybridized carbons (Fsp3) is 0.222. The molecular formula is C18H20ClN3O3. The minimum Gasteiger partial charge on any atom is -0.497 e. The molecule has 0 aromatic heterocycles. The fourth-order valence-corrected chi connectivity index (χ4v) is 2.39. The van der Waals surface area contributed by atoms with Crippen LogP contribution in [-0.4, -0.2) is 25.0 Å². The van der Waals surface area contributed by atoms with Crippen LogP contribution in [0.3, 0.4) is 0 Å². The molecule has 2 aromatic carbocycles. The molecule has 0 radical (unpaired) electrons. The van der Waals surface area contributed by atoms with E-state index in [-0.39, 0.29) is 11.8 Å². The molecule has 2 aromatic rings. The number of carbonyl (C=O) groups excluding carboxylic acids is 2.